The van der Waals surface area contributed by atoms with Crippen molar-refractivity contribution in [1.82, 2.24) is 0 Å². The highest BCUT2D eigenvalue weighted by Gasteiger charge is 2.09. The molecule has 0 radical (unpaired) electrons. The standard InChI is InChI=1S/C16H13ClF2O2/c17-13-3-1-4-14(19)16(13)21-10-2-5-15(20)11-6-8-12(18)9-7-11/h1,3-4,6-9H,2,5,10H2. The van der Waals surface area contributed by atoms with Crippen molar-refractivity contribution >= 4 is 17.4 Å². The third-order valence-corrected chi connectivity index (χ3v) is 3.18. The van der Waals surface area contributed by atoms with E-state index < -0.39 is 5.82 Å². The molecule has 21 heavy (non-hydrogen) atoms. The van der Waals surface area contributed by atoms with E-state index in [1.54, 1.807) is 0 Å². The Balaban J connectivity index is 1.82. The SMILES string of the molecule is O=C(CCCOc1c(F)cccc1Cl)c1ccc(F)cc1. The molecule has 2 aromatic rings. The van der Waals surface area contributed by atoms with Gasteiger partial charge in [0.2, 0.25) is 0 Å². The molecule has 0 aromatic heterocycles. The highest BCUT2D eigenvalue weighted by molar-refractivity contribution is 6.32. The first-order valence-electron chi connectivity index (χ1n) is 6.43. The van der Waals surface area contributed by atoms with E-state index in [2.05, 4.69) is 0 Å². The second-order valence-electron chi connectivity index (χ2n) is 4.43. The van der Waals surface area contributed by atoms with Gasteiger partial charge in [0, 0.05) is 12.0 Å². The molecule has 0 unspecified atom stereocenters. The van der Waals surface area contributed by atoms with Crippen LogP contribution < -0.4 is 4.74 Å². The first kappa shape index (κ1) is 15.4. The van der Waals surface area contributed by atoms with E-state index >= 15 is 0 Å². The first-order valence-corrected chi connectivity index (χ1v) is 6.81. The maximum Gasteiger partial charge on any atom is 0.173 e. The summed E-state index contributed by atoms with van der Waals surface area (Å²) < 4.78 is 31.4. The van der Waals surface area contributed by atoms with Crippen molar-refractivity contribution in [1.29, 1.82) is 0 Å². The van der Waals surface area contributed by atoms with Crippen molar-refractivity contribution in [3.05, 3.63) is 64.7 Å². The average Bonchev–Trinajstić information content (AvgIpc) is 2.46. The summed E-state index contributed by atoms with van der Waals surface area (Å²) in [5.74, 6) is -1.04. The monoisotopic (exact) mass is 310 g/mol. The minimum absolute atomic E-state index is 0.00611. The smallest absolute Gasteiger partial charge is 0.173 e. The molecule has 0 amide bonds. The molecule has 0 heterocycles. The van der Waals surface area contributed by atoms with Crippen LogP contribution in [-0.4, -0.2) is 12.4 Å². The average molecular weight is 311 g/mol. The number of Topliss-reactive ketones (excluding diaryl/α,β-unsaturated/α-hetero) is 1. The van der Waals surface area contributed by atoms with Gasteiger partial charge < -0.3 is 4.74 Å². The van der Waals surface area contributed by atoms with Gasteiger partial charge in [-0.15, -0.1) is 0 Å². The fourth-order valence-electron chi connectivity index (χ4n) is 1.81. The maximum atomic E-state index is 13.4. The second-order valence-corrected chi connectivity index (χ2v) is 4.84. The molecule has 0 spiro atoms. The van der Waals surface area contributed by atoms with Crippen LogP contribution in [0.1, 0.15) is 23.2 Å². The third kappa shape index (κ3) is 4.26. The summed E-state index contributed by atoms with van der Waals surface area (Å²) in [6, 6.07) is 9.63. The highest BCUT2D eigenvalue weighted by Crippen LogP contribution is 2.27. The number of ketones is 1. The van der Waals surface area contributed by atoms with Crippen molar-refractivity contribution in [2.75, 3.05) is 6.61 Å². The Morgan fingerprint density at radius 2 is 1.81 bits per heavy atom. The van der Waals surface area contributed by atoms with Gasteiger partial charge in [0.15, 0.2) is 17.3 Å². The fourth-order valence-corrected chi connectivity index (χ4v) is 2.03. The van der Waals surface area contributed by atoms with Crippen LogP contribution in [0, 0.1) is 11.6 Å². The number of carbonyl (C=O) groups excluding carboxylic acids is 1. The maximum absolute atomic E-state index is 13.4. The van der Waals surface area contributed by atoms with Gasteiger partial charge in [-0.3, -0.25) is 4.79 Å². The minimum Gasteiger partial charge on any atom is -0.489 e. The topological polar surface area (TPSA) is 26.3 Å². The molecule has 0 atom stereocenters. The lowest BCUT2D eigenvalue weighted by Gasteiger charge is -2.08. The van der Waals surface area contributed by atoms with E-state index in [9.17, 15) is 13.6 Å². The van der Waals surface area contributed by atoms with Gasteiger partial charge in [0.1, 0.15) is 5.82 Å². The summed E-state index contributed by atoms with van der Waals surface area (Å²) in [7, 11) is 0. The van der Waals surface area contributed by atoms with Crippen LogP contribution in [0.5, 0.6) is 5.75 Å². The zero-order chi connectivity index (χ0) is 15.2. The number of hydrogen-bond donors (Lipinski definition) is 0. The number of halogens is 3. The Bertz CT molecular complexity index is 606. The van der Waals surface area contributed by atoms with Crippen LogP contribution in [0.4, 0.5) is 8.78 Å². The van der Waals surface area contributed by atoms with Crippen LogP contribution in [0.3, 0.4) is 0 Å². The number of rotatable bonds is 6. The molecule has 0 bridgehead atoms. The summed E-state index contributed by atoms with van der Waals surface area (Å²) in [5.41, 5.74) is 0.445. The number of benzene rings is 2. The first-order chi connectivity index (χ1) is 10.1. The molecule has 0 aliphatic heterocycles. The van der Waals surface area contributed by atoms with Crippen LogP contribution in [0.2, 0.25) is 5.02 Å². The lowest BCUT2D eigenvalue weighted by Crippen LogP contribution is -2.05. The predicted octanol–water partition coefficient (Wildman–Crippen LogP) is 4.66. The Hall–Kier alpha value is -1.94. The Morgan fingerprint density at radius 3 is 2.48 bits per heavy atom. The van der Waals surface area contributed by atoms with E-state index in [1.165, 1.54) is 42.5 Å². The summed E-state index contributed by atoms with van der Waals surface area (Å²) in [4.78, 5) is 11.8. The Kier molecular flexibility index (Phi) is 5.28. The number of para-hydroxylation sites is 1. The Morgan fingerprint density at radius 1 is 1.10 bits per heavy atom. The second kappa shape index (κ2) is 7.18. The zero-order valence-corrected chi connectivity index (χ0v) is 11.9. The molecule has 0 saturated carbocycles. The van der Waals surface area contributed by atoms with Gasteiger partial charge in [0.05, 0.1) is 11.6 Å². The van der Waals surface area contributed by atoms with Gasteiger partial charge in [-0.05, 0) is 42.8 Å². The lowest BCUT2D eigenvalue weighted by atomic mass is 10.1. The molecular weight excluding hydrogens is 298 g/mol. The molecule has 110 valence electrons. The van der Waals surface area contributed by atoms with Gasteiger partial charge in [-0.1, -0.05) is 17.7 Å². The normalized spacial score (nSPS) is 10.4. The van der Waals surface area contributed by atoms with Crippen molar-refractivity contribution in [2.45, 2.75) is 12.8 Å². The van der Waals surface area contributed by atoms with Crippen molar-refractivity contribution in [2.24, 2.45) is 0 Å². The third-order valence-electron chi connectivity index (χ3n) is 2.88. The number of hydrogen-bond acceptors (Lipinski definition) is 2. The van der Waals surface area contributed by atoms with Crippen LogP contribution in [0.15, 0.2) is 42.5 Å². The molecule has 0 aliphatic rings. The van der Waals surface area contributed by atoms with E-state index in [4.69, 9.17) is 16.3 Å². The molecule has 2 aromatic carbocycles. The molecule has 0 aliphatic carbocycles. The van der Waals surface area contributed by atoms with E-state index in [0.29, 0.717) is 12.0 Å². The van der Waals surface area contributed by atoms with E-state index in [-0.39, 0.29) is 35.4 Å². The van der Waals surface area contributed by atoms with Crippen molar-refractivity contribution in [3.63, 3.8) is 0 Å². The number of ether oxygens (including phenoxy) is 1. The Labute approximate surface area is 126 Å². The molecule has 0 fully saturated rings. The summed E-state index contributed by atoms with van der Waals surface area (Å²) in [6.45, 7) is 0.174. The highest BCUT2D eigenvalue weighted by atomic mass is 35.5. The number of carbonyl (C=O) groups is 1. The van der Waals surface area contributed by atoms with Gasteiger partial charge in [-0.2, -0.15) is 0 Å². The van der Waals surface area contributed by atoms with Crippen LogP contribution >= 0.6 is 11.6 Å². The minimum atomic E-state index is -0.535. The molecule has 0 N–H and O–H groups in total. The molecule has 5 heteroatoms. The fraction of sp³-hybridized carbons (Fsp3) is 0.188. The predicted molar refractivity (Wildman–Crippen MR) is 76.9 cm³/mol. The van der Waals surface area contributed by atoms with E-state index in [1.807, 2.05) is 0 Å². The van der Waals surface area contributed by atoms with Crippen molar-refractivity contribution in [3.8, 4) is 5.75 Å². The molecule has 2 nitrogen and oxygen atoms in total. The quantitative estimate of drug-likeness (QED) is 0.573. The van der Waals surface area contributed by atoms with Gasteiger partial charge >= 0.3 is 0 Å². The molecule has 2 rings (SSSR count). The van der Waals surface area contributed by atoms with Crippen molar-refractivity contribution < 1.29 is 18.3 Å². The summed E-state index contributed by atoms with van der Waals surface area (Å²) in [6.07, 6.45) is 0.651. The van der Waals surface area contributed by atoms with Gasteiger partial charge in [-0.25, -0.2) is 8.78 Å². The van der Waals surface area contributed by atoms with E-state index in [0.717, 1.165) is 0 Å². The zero-order valence-electron chi connectivity index (χ0n) is 11.1. The molecule has 0 saturated heterocycles. The largest absolute Gasteiger partial charge is 0.489 e. The van der Waals surface area contributed by atoms with Gasteiger partial charge in [0.25, 0.3) is 0 Å². The lowest BCUT2D eigenvalue weighted by molar-refractivity contribution is 0.0973. The molecular formula is C16H13ClF2O2. The van der Waals surface area contributed by atoms with Crippen LogP contribution in [-0.2, 0) is 0 Å². The summed E-state index contributed by atoms with van der Waals surface area (Å²) >= 11 is 5.81. The summed E-state index contributed by atoms with van der Waals surface area (Å²) in [5, 5.41) is 0.194. The van der Waals surface area contributed by atoms with Crippen LogP contribution in [0.25, 0.3) is 0 Å².